The van der Waals surface area contributed by atoms with E-state index in [0.717, 1.165) is 31.7 Å². The molecule has 41 heavy (non-hydrogen) atoms. The van der Waals surface area contributed by atoms with Crippen molar-refractivity contribution < 1.29 is 18.0 Å². The summed E-state index contributed by atoms with van der Waals surface area (Å²) >= 11 is 3.49. The number of hydrogen-bond donors (Lipinski definition) is 1. The van der Waals surface area contributed by atoms with Crippen LogP contribution in [0, 0.1) is 0 Å². The standard InChI is InChI=1S/C32H40BrN3O4S/c1-23(2)26-15-17-28(18-16-26)36(41(6,39)40)22-30(37)35(21-25-13-10-14-27(33)19-25)29(31(38)34-32(3,4)5)20-24-11-8-7-9-12-24/h7-19,23,29H,20-22H2,1-6H3,(H,34,38). The molecular formula is C32H40BrN3O4S. The molecule has 0 heterocycles. The molecule has 3 aromatic rings. The number of hydrogen-bond acceptors (Lipinski definition) is 4. The summed E-state index contributed by atoms with van der Waals surface area (Å²) < 4.78 is 27.9. The van der Waals surface area contributed by atoms with Crippen molar-refractivity contribution in [2.24, 2.45) is 0 Å². The molecule has 220 valence electrons. The number of nitrogens with one attached hydrogen (secondary N) is 1. The number of carbonyl (C=O) groups excluding carboxylic acids is 2. The number of rotatable bonds is 11. The molecule has 1 atom stereocenters. The smallest absolute Gasteiger partial charge is 0.244 e. The van der Waals surface area contributed by atoms with Crippen LogP contribution in [0.3, 0.4) is 0 Å². The van der Waals surface area contributed by atoms with Gasteiger partial charge in [0.2, 0.25) is 21.8 Å². The molecule has 0 bridgehead atoms. The van der Waals surface area contributed by atoms with Crippen LogP contribution in [0.1, 0.15) is 57.2 Å². The number of halogens is 1. The molecule has 2 amide bonds. The summed E-state index contributed by atoms with van der Waals surface area (Å²) in [5, 5.41) is 3.03. The van der Waals surface area contributed by atoms with Crippen LogP contribution in [0.2, 0.25) is 0 Å². The highest BCUT2D eigenvalue weighted by molar-refractivity contribution is 9.10. The topological polar surface area (TPSA) is 86.8 Å². The zero-order chi connectivity index (χ0) is 30.4. The Labute approximate surface area is 253 Å². The molecule has 7 nitrogen and oxygen atoms in total. The minimum atomic E-state index is -3.82. The predicted octanol–water partition coefficient (Wildman–Crippen LogP) is 5.89. The molecule has 0 aliphatic heterocycles. The van der Waals surface area contributed by atoms with Crippen molar-refractivity contribution >= 4 is 43.5 Å². The minimum absolute atomic E-state index is 0.122. The molecule has 9 heteroatoms. The fourth-order valence-electron chi connectivity index (χ4n) is 4.48. The lowest BCUT2D eigenvalue weighted by Gasteiger charge is -2.35. The van der Waals surface area contributed by atoms with E-state index in [1.54, 1.807) is 12.1 Å². The van der Waals surface area contributed by atoms with Gasteiger partial charge in [-0.25, -0.2) is 8.42 Å². The monoisotopic (exact) mass is 641 g/mol. The molecule has 3 aromatic carbocycles. The molecule has 0 spiro atoms. The highest BCUT2D eigenvalue weighted by Gasteiger charge is 2.34. The Balaban J connectivity index is 2.06. The van der Waals surface area contributed by atoms with Crippen LogP contribution in [0.4, 0.5) is 5.69 Å². The molecule has 0 aliphatic rings. The van der Waals surface area contributed by atoms with Crippen molar-refractivity contribution in [3.05, 3.63) is 100 Å². The van der Waals surface area contributed by atoms with Crippen molar-refractivity contribution in [2.75, 3.05) is 17.1 Å². The molecule has 0 aliphatic carbocycles. The molecule has 0 saturated carbocycles. The first-order valence-electron chi connectivity index (χ1n) is 13.6. The van der Waals surface area contributed by atoms with Gasteiger partial charge in [0.15, 0.2) is 0 Å². The molecule has 0 saturated heterocycles. The summed E-state index contributed by atoms with van der Waals surface area (Å²) in [6, 6.07) is 23.3. The maximum Gasteiger partial charge on any atom is 0.244 e. The van der Waals surface area contributed by atoms with Crippen LogP contribution >= 0.6 is 15.9 Å². The Morgan fingerprint density at radius 3 is 2.05 bits per heavy atom. The SMILES string of the molecule is CC(C)c1ccc(N(CC(=O)N(Cc2cccc(Br)c2)C(Cc2ccccc2)C(=O)NC(C)(C)C)S(C)(=O)=O)cc1. The minimum Gasteiger partial charge on any atom is -0.350 e. The van der Waals surface area contributed by atoms with Crippen LogP contribution in [-0.2, 0) is 32.6 Å². The van der Waals surface area contributed by atoms with Crippen molar-refractivity contribution in [3.63, 3.8) is 0 Å². The van der Waals surface area contributed by atoms with E-state index in [9.17, 15) is 18.0 Å². The molecule has 0 radical (unpaired) electrons. The lowest BCUT2D eigenvalue weighted by Crippen LogP contribution is -2.56. The third-order valence-corrected chi connectivity index (χ3v) is 8.17. The van der Waals surface area contributed by atoms with Crippen LogP contribution in [0.15, 0.2) is 83.3 Å². The zero-order valence-electron chi connectivity index (χ0n) is 24.6. The Bertz CT molecular complexity index is 1440. The van der Waals surface area contributed by atoms with Gasteiger partial charge in [-0.2, -0.15) is 0 Å². The number of amides is 2. The van der Waals surface area contributed by atoms with Gasteiger partial charge >= 0.3 is 0 Å². The summed E-state index contributed by atoms with van der Waals surface area (Å²) in [6.45, 7) is 9.45. The van der Waals surface area contributed by atoms with Crippen LogP contribution in [-0.4, -0.2) is 49.5 Å². The van der Waals surface area contributed by atoms with Crippen molar-refractivity contribution in [1.82, 2.24) is 10.2 Å². The second-order valence-electron chi connectivity index (χ2n) is 11.6. The van der Waals surface area contributed by atoms with E-state index in [0.29, 0.717) is 5.69 Å². The fraction of sp³-hybridized carbons (Fsp3) is 0.375. The first-order chi connectivity index (χ1) is 19.1. The average molecular weight is 643 g/mol. The summed E-state index contributed by atoms with van der Waals surface area (Å²) in [6.07, 6.45) is 1.35. The highest BCUT2D eigenvalue weighted by atomic mass is 79.9. The van der Waals surface area contributed by atoms with Gasteiger partial charge in [-0.1, -0.05) is 84.4 Å². The van der Waals surface area contributed by atoms with E-state index >= 15 is 0 Å². The average Bonchev–Trinajstić information content (AvgIpc) is 2.88. The van der Waals surface area contributed by atoms with Gasteiger partial charge < -0.3 is 10.2 Å². The Morgan fingerprint density at radius 2 is 1.51 bits per heavy atom. The lowest BCUT2D eigenvalue weighted by atomic mass is 10.0. The molecule has 0 aromatic heterocycles. The highest BCUT2D eigenvalue weighted by Crippen LogP contribution is 2.24. The van der Waals surface area contributed by atoms with Crippen LogP contribution < -0.4 is 9.62 Å². The summed E-state index contributed by atoms with van der Waals surface area (Å²) in [5.74, 6) is -0.511. The van der Waals surface area contributed by atoms with E-state index in [1.807, 2.05) is 87.5 Å². The van der Waals surface area contributed by atoms with E-state index < -0.39 is 34.1 Å². The Morgan fingerprint density at radius 1 is 0.902 bits per heavy atom. The third kappa shape index (κ3) is 9.71. The number of nitrogens with zero attached hydrogens (tertiary/aromatic N) is 2. The van der Waals surface area contributed by atoms with Gasteiger partial charge in [-0.15, -0.1) is 0 Å². The predicted molar refractivity (Wildman–Crippen MR) is 169 cm³/mol. The molecular weight excluding hydrogens is 602 g/mol. The third-order valence-electron chi connectivity index (χ3n) is 6.54. The van der Waals surface area contributed by atoms with Crippen LogP contribution in [0.25, 0.3) is 0 Å². The van der Waals surface area contributed by atoms with E-state index in [1.165, 1.54) is 4.90 Å². The number of sulfonamides is 1. The second-order valence-corrected chi connectivity index (χ2v) is 14.4. The maximum atomic E-state index is 14.2. The molecule has 0 fully saturated rings. The summed E-state index contributed by atoms with van der Waals surface area (Å²) in [5.41, 5.74) is 2.62. The van der Waals surface area contributed by atoms with Gasteiger partial charge in [0.05, 0.1) is 11.9 Å². The number of anilines is 1. The largest absolute Gasteiger partial charge is 0.350 e. The normalized spacial score (nSPS) is 12.6. The zero-order valence-corrected chi connectivity index (χ0v) is 27.0. The van der Waals surface area contributed by atoms with Gasteiger partial charge in [0.25, 0.3) is 0 Å². The van der Waals surface area contributed by atoms with Crippen molar-refractivity contribution in [3.8, 4) is 0 Å². The van der Waals surface area contributed by atoms with Crippen LogP contribution in [0.5, 0.6) is 0 Å². The molecule has 3 rings (SSSR count). The van der Waals surface area contributed by atoms with E-state index in [-0.39, 0.29) is 24.8 Å². The van der Waals surface area contributed by atoms with Crippen molar-refractivity contribution in [2.45, 2.75) is 65.1 Å². The Kier molecular flexibility index (Phi) is 10.8. The van der Waals surface area contributed by atoms with E-state index in [2.05, 4.69) is 35.1 Å². The maximum absolute atomic E-state index is 14.2. The van der Waals surface area contributed by atoms with Gasteiger partial charge in [0, 0.05) is 23.0 Å². The molecule has 1 unspecified atom stereocenters. The summed E-state index contributed by atoms with van der Waals surface area (Å²) in [4.78, 5) is 29.4. The van der Waals surface area contributed by atoms with Gasteiger partial charge in [-0.05, 0) is 67.6 Å². The summed E-state index contributed by atoms with van der Waals surface area (Å²) in [7, 11) is -3.82. The first-order valence-corrected chi connectivity index (χ1v) is 16.3. The lowest BCUT2D eigenvalue weighted by molar-refractivity contribution is -0.140. The Hall–Kier alpha value is -3.17. The first kappa shape index (κ1) is 32.3. The molecule has 1 N–H and O–H groups in total. The second kappa shape index (κ2) is 13.7. The van der Waals surface area contributed by atoms with Crippen molar-refractivity contribution in [1.29, 1.82) is 0 Å². The fourth-order valence-corrected chi connectivity index (χ4v) is 5.77. The number of carbonyl (C=O) groups is 2. The van der Waals surface area contributed by atoms with Gasteiger partial charge in [0.1, 0.15) is 12.6 Å². The van der Waals surface area contributed by atoms with E-state index in [4.69, 9.17) is 0 Å². The number of benzene rings is 3. The quantitative estimate of drug-likeness (QED) is 0.283. The van der Waals surface area contributed by atoms with Gasteiger partial charge in [-0.3, -0.25) is 13.9 Å².